The van der Waals surface area contributed by atoms with Gasteiger partial charge in [-0.15, -0.1) is 0 Å². The standard InChI is InChI=1S/C7H10N2O3/c1-4-5(2)8-9(7(4)12)3-6(10)11/h4H,3H2,1-2H3,(H,10,11)/t4-/m1/s1. The molecule has 0 spiro atoms. The lowest BCUT2D eigenvalue weighted by atomic mass is 10.1. The molecule has 0 bridgehead atoms. The fourth-order valence-corrected chi connectivity index (χ4v) is 0.970. The van der Waals surface area contributed by atoms with Crippen LogP contribution in [0.3, 0.4) is 0 Å². The minimum Gasteiger partial charge on any atom is -0.480 e. The highest BCUT2D eigenvalue weighted by Crippen LogP contribution is 2.13. The van der Waals surface area contributed by atoms with E-state index in [0.29, 0.717) is 5.71 Å². The average Bonchev–Trinajstić information content (AvgIpc) is 2.17. The third-order valence-electron chi connectivity index (χ3n) is 1.81. The van der Waals surface area contributed by atoms with Gasteiger partial charge in [0, 0.05) is 5.71 Å². The first-order valence-electron chi connectivity index (χ1n) is 3.60. The van der Waals surface area contributed by atoms with Crippen LogP contribution < -0.4 is 0 Å². The monoisotopic (exact) mass is 170 g/mol. The van der Waals surface area contributed by atoms with Crippen LogP contribution in [0.5, 0.6) is 0 Å². The van der Waals surface area contributed by atoms with E-state index < -0.39 is 5.97 Å². The van der Waals surface area contributed by atoms with Gasteiger partial charge in [0.25, 0.3) is 5.91 Å². The number of aliphatic carboxylic acids is 1. The summed E-state index contributed by atoms with van der Waals surface area (Å²) in [6, 6.07) is 0. The molecule has 1 aliphatic heterocycles. The van der Waals surface area contributed by atoms with E-state index >= 15 is 0 Å². The first-order chi connectivity index (χ1) is 5.52. The van der Waals surface area contributed by atoms with E-state index in [-0.39, 0.29) is 18.4 Å². The zero-order valence-corrected chi connectivity index (χ0v) is 6.94. The molecule has 0 unspecified atom stereocenters. The Morgan fingerprint density at radius 3 is 2.67 bits per heavy atom. The van der Waals surface area contributed by atoms with Gasteiger partial charge in [-0.25, -0.2) is 5.01 Å². The molecule has 1 amide bonds. The van der Waals surface area contributed by atoms with Crippen molar-refractivity contribution in [1.29, 1.82) is 0 Å². The lowest BCUT2D eigenvalue weighted by molar-refractivity contribution is -0.144. The van der Waals surface area contributed by atoms with Crippen LogP contribution in [0.15, 0.2) is 5.10 Å². The second-order valence-corrected chi connectivity index (χ2v) is 2.75. The number of hydrogen-bond donors (Lipinski definition) is 1. The van der Waals surface area contributed by atoms with Crippen LogP contribution in [0.4, 0.5) is 0 Å². The van der Waals surface area contributed by atoms with Crippen LogP contribution in [-0.4, -0.2) is 34.2 Å². The number of hydrogen-bond acceptors (Lipinski definition) is 3. The molecule has 1 heterocycles. The molecule has 66 valence electrons. The Balaban J connectivity index is 2.70. The molecular formula is C7H10N2O3. The number of rotatable bonds is 2. The Kier molecular flexibility index (Phi) is 2.12. The molecular weight excluding hydrogens is 160 g/mol. The Hall–Kier alpha value is -1.39. The smallest absolute Gasteiger partial charge is 0.325 e. The highest BCUT2D eigenvalue weighted by atomic mass is 16.4. The third-order valence-corrected chi connectivity index (χ3v) is 1.81. The molecule has 0 saturated carbocycles. The number of carboxylic acids is 1. The summed E-state index contributed by atoms with van der Waals surface area (Å²) < 4.78 is 0. The first-order valence-corrected chi connectivity index (χ1v) is 3.60. The predicted molar refractivity (Wildman–Crippen MR) is 41.6 cm³/mol. The highest BCUT2D eigenvalue weighted by Gasteiger charge is 2.30. The minimum absolute atomic E-state index is 0.241. The van der Waals surface area contributed by atoms with E-state index in [2.05, 4.69) is 5.10 Å². The average molecular weight is 170 g/mol. The Morgan fingerprint density at radius 2 is 2.33 bits per heavy atom. The maximum Gasteiger partial charge on any atom is 0.325 e. The lowest BCUT2D eigenvalue weighted by Crippen LogP contribution is -2.30. The van der Waals surface area contributed by atoms with Crippen molar-refractivity contribution in [2.45, 2.75) is 13.8 Å². The molecule has 1 N–H and O–H groups in total. The summed E-state index contributed by atoms with van der Waals surface area (Å²) in [5.74, 6) is -1.56. The van der Waals surface area contributed by atoms with Crippen molar-refractivity contribution < 1.29 is 14.7 Å². The quantitative estimate of drug-likeness (QED) is 0.630. The van der Waals surface area contributed by atoms with Gasteiger partial charge in [-0.3, -0.25) is 9.59 Å². The van der Waals surface area contributed by atoms with Crippen LogP contribution in [0.1, 0.15) is 13.8 Å². The van der Waals surface area contributed by atoms with Crippen molar-refractivity contribution in [3.63, 3.8) is 0 Å². The predicted octanol–water partition coefficient (Wildman–Crippen LogP) is -0.0748. The normalized spacial score (nSPS) is 22.8. The molecule has 5 heteroatoms. The van der Waals surface area contributed by atoms with E-state index in [0.717, 1.165) is 5.01 Å². The zero-order chi connectivity index (χ0) is 9.30. The molecule has 0 aliphatic carbocycles. The van der Waals surface area contributed by atoms with Gasteiger partial charge in [-0.2, -0.15) is 5.10 Å². The summed E-state index contributed by atoms with van der Waals surface area (Å²) in [6.45, 7) is 3.08. The zero-order valence-electron chi connectivity index (χ0n) is 6.94. The van der Waals surface area contributed by atoms with Crippen LogP contribution >= 0.6 is 0 Å². The molecule has 0 aromatic carbocycles. The summed E-state index contributed by atoms with van der Waals surface area (Å²) in [5, 5.41) is 13.2. The second kappa shape index (κ2) is 2.92. The molecule has 0 radical (unpaired) electrons. The molecule has 12 heavy (non-hydrogen) atoms. The van der Waals surface area contributed by atoms with E-state index in [4.69, 9.17) is 5.11 Å². The topological polar surface area (TPSA) is 70.0 Å². The molecule has 0 saturated heterocycles. The number of carbonyl (C=O) groups is 2. The largest absolute Gasteiger partial charge is 0.480 e. The van der Waals surface area contributed by atoms with Gasteiger partial charge in [0.2, 0.25) is 0 Å². The van der Waals surface area contributed by atoms with Gasteiger partial charge < -0.3 is 5.11 Å². The van der Waals surface area contributed by atoms with Crippen molar-refractivity contribution >= 4 is 17.6 Å². The SMILES string of the molecule is CC1=NN(CC(=O)O)C(=O)[C@@H]1C. The van der Waals surface area contributed by atoms with E-state index in [9.17, 15) is 9.59 Å². The van der Waals surface area contributed by atoms with Crippen LogP contribution in [0.25, 0.3) is 0 Å². The van der Waals surface area contributed by atoms with Gasteiger partial charge in [0.05, 0.1) is 5.92 Å². The Bertz CT molecular complexity index is 259. The molecule has 1 atom stereocenters. The van der Waals surface area contributed by atoms with Gasteiger partial charge in [-0.1, -0.05) is 0 Å². The van der Waals surface area contributed by atoms with Crippen molar-refractivity contribution in [2.75, 3.05) is 6.54 Å². The van der Waals surface area contributed by atoms with E-state index in [1.807, 2.05) is 0 Å². The second-order valence-electron chi connectivity index (χ2n) is 2.75. The molecule has 1 aliphatic rings. The maximum absolute atomic E-state index is 11.2. The summed E-state index contributed by atoms with van der Waals surface area (Å²) in [7, 11) is 0. The molecule has 1 rings (SSSR count). The summed E-state index contributed by atoms with van der Waals surface area (Å²) >= 11 is 0. The fourth-order valence-electron chi connectivity index (χ4n) is 0.970. The molecule has 0 fully saturated rings. The van der Waals surface area contributed by atoms with Crippen molar-refractivity contribution in [1.82, 2.24) is 5.01 Å². The van der Waals surface area contributed by atoms with Crippen LogP contribution in [0.2, 0.25) is 0 Å². The third kappa shape index (κ3) is 1.44. The molecule has 5 nitrogen and oxygen atoms in total. The molecule has 0 aromatic rings. The van der Waals surface area contributed by atoms with E-state index in [1.165, 1.54) is 0 Å². The van der Waals surface area contributed by atoms with Crippen molar-refractivity contribution in [3.8, 4) is 0 Å². The molecule has 0 aromatic heterocycles. The number of carboxylic acid groups (broad SMARTS) is 1. The summed E-state index contributed by atoms with van der Waals surface area (Å²) in [4.78, 5) is 21.5. The van der Waals surface area contributed by atoms with Gasteiger partial charge in [0.15, 0.2) is 0 Å². The number of carbonyl (C=O) groups excluding carboxylic acids is 1. The van der Waals surface area contributed by atoms with Gasteiger partial charge in [-0.05, 0) is 13.8 Å². The number of hydrazone groups is 1. The maximum atomic E-state index is 11.2. The van der Waals surface area contributed by atoms with Crippen LogP contribution in [-0.2, 0) is 9.59 Å². The summed E-state index contributed by atoms with van der Waals surface area (Å²) in [5.41, 5.74) is 0.668. The first kappa shape index (κ1) is 8.70. The Labute approximate surface area is 69.7 Å². The van der Waals surface area contributed by atoms with E-state index in [1.54, 1.807) is 13.8 Å². The summed E-state index contributed by atoms with van der Waals surface area (Å²) in [6.07, 6.45) is 0. The van der Waals surface area contributed by atoms with Gasteiger partial charge in [0.1, 0.15) is 6.54 Å². The Morgan fingerprint density at radius 1 is 1.75 bits per heavy atom. The van der Waals surface area contributed by atoms with Crippen molar-refractivity contribution in [2.24, 2.45) is 11.0 Å². The fraction of sp³-hybridized carbons (Fsp3) is 0.571. The minimum atomic E-state index is -1.05. The van der Waals surface area contributed by atoms with Crippen molar-refractivity contribution in [3.05, 3.63) is 0 Å². The highest BCUT2D eigenvalue weighted by molar-refractivity contribution is 6.07. The lowest BCUT2D eigenvalue weighted by Gasteiger charge is -2.08. The number of amides is 1. The van der Waals surface area contributed by atoms with Gasteiger partial charge >= 0.3 is 5.97 Å². The number of nitrogens with zero attached hydrogens (tertiary/aromatic N) is 2. The van der Waals surface area contributed by atoms with Crippen LogP contribution in [0, 0.1) is 5.92 Å².